The maximum Gasteiger partial charge on any atom is 0.337 e. The molecule has 0 radical (unpaired) electrons. The third-order valence-electron chi connectivity index (χ3n) is 2.38. The largest absolute Gasteiger partial charge is 0.508 e. The molecule has 0 spiro atoms. The van der Waals surface area contributed by atoms with Crippen LogP contribution in [0.25, 0.3) is 0 Å². The van der Waals surface area contributed by atoms with Crippen molar-refractivity contribution >= 4 is 17.7 Å². The second kappa shape index (κ2) is 6.26. The highest BCUT2D eigenvalue weighted by Crippen LogP contribution is 2.21. The summed E-state index contributed by atoms with van der Waals surface area (Å²) in [4.78, 5) is 24.0. The van der Waals surface area contributed by atoms with Gasteiger partial charge in [-0.3, -0.25) is 0 Å². The predicted molar refractivity (Wildman–Crippen MR) is 66.9 cm³/mol. The highest BCUT2D eigenvalue weighted by molar-refractivity contribution is 6.00. The number of hydrogen-bond donors (Lipinski definition) is 3. The first kappa shape index (κ1) is 14.3. The number of aromatic hydroxyl groups is 1. The first-order chi connectivity index (χ1) is 8.95. The Morgan fingerprint density at radius 3 is 2.74 bits per heavy atom. The van der Waals surface area contributed by atoms with Crippen LogP contribution in [0.4, 0.5) is 10.5 Å². The molecule has 1 rings (SSSR count). The highest BCUT2D eigenvalue weighted by Gasteiger charge is 2.15. The van der Waals surface area contributed by atoms with Gasteiger partial charge in [0.2, 0.25) is 0 Å². The van der Waals surface area contributed by atoms with Crippen molar-refractivity contribution in [3.05, 3.63) is 23.8 Å². The monoisotopic (exact) mass is 263 g/mol. The number of nitrogens with one attached hydrogen (secondary N) is 1. The number of amides is 2. The number of rotatable bonds is 4. The van der Waals surface area contributed by atoms with Crippen molar-refractivity contribution in [1.82, 2.24) is 4.90 Å². The average Bonchev–Trinajstić information content (AvgIpc) is 2.37. The minimum absolute atomic E-state index is 0.0825. The fourth-order valence-electron chi connectivity index (χ4n) is 1.35. The molecule has 0 aliphatic rings. The maximum atomic E-state index is 11.7. The van der Waals surface area contributed by atoms with Gasteiger partial charge in [-0.2, -0.15) is 5.26 Å². The van der Waals surface area contributed by atoms with Crippen LogP contribution in [-0.2, 0) is 0 Å². The van der Waals surface area contributed by atoms with Gasteiger partial charge in [0.15, 0.2) is 0 Å². The Balaban J connectivity index is 2.85. The van der Waals surface area contributed by atoms with Crippen LogP contribution in [0.1, 0.15) is 16.8 Å². The van der Waals surface area contributed by atoms with Gasteiger partial charge in [-0.15, -0.1) is 0 Å². The van der Waals surface area contributed by atoms with E-state index in [0.717, 1.165) is 6.07 Å². The van der Waals surface area contributed by atoms with Gasteiger partial charge in [0.1, 0.15) is 5.75 Å². The summed E-state index contributed by atoms with van der Waals surface area (Å²) < 4.78 is 0. The van der Waals surface area contributed by atoms with Crippen molar-refractivity contribution in [2.24, 2.45) is 0 Å². The fourth-order valence-corrected chi connectivity index (χ4v) is 1.35. The Morgan fingerprint density at radius 1 is 1.47 bits per heavy atom. The van der Waals surface area contributed by atoms with E-state index in [0.29, 0.717) is 0 Å². The number of carboxylic acids is 1. The molecule has 19 heavy (non-hydrogen) atoms. The van der Waals surface area contributed by atoms with Crippen LogP contribution in [0.2, 0.25) is 0 Å². The van der Waals surface area contributed by atoms with Gasteiger partial charge in [0, 0.05) is 13.6 Å². The van der Waals surface area contributed by atoms with E-state index in [1.165, 1.54) is 24.1 Å². The van der Waals surface area contributed by atoms with Gasteiger partial charge >= 0.3 is 12.0 Å². The molecule has 0 heterocycles. The van der Waals surface area contributed by atoms with Crippen molar-refractivity contribution in [2.75, 3.05) is 18.9 Å². The van der Waals surface area contributed by atoms with Gasteiger partial charge in [-0.25, -0.2) is 9.59 Å². The highest BCUT2D eigenvalue weighted by atomic mass is 16.4. The summed E-state index contributed by atoms with van der Waals surface area (Å²) in [6.07, 6.45) is 0.186. The van der Waals surface area contributed by atoms with Gasteiger partial charge in [-0.1, -0.05) is 0 Å². The number of carbonyl (C=O) groups is 2. The van der Waals surface area contributed by atoms with Crippen molar-refractivity contribution in [3.63, 3.8) is 0 Å². The molecule has 0 aliphatic heterocycles. The molecule has 0 aliphatic carbocycles. The zero-order valence-corrected chi connectivity index (χ0v) is 10.3. The van der Waals surface area contributed by atoms with E-state index in [-0.39, 0.29) is 30.0 Å². The van der Waals surface area contributed by atoms with E-state index in [2.05, 4.69) is 5.32 Å². The SMILES string of the molecule is CN(CCC#N)C(=O)Nc1ccc(O)cc1C(=O)O. The smallest absolute Gasteiger partial charge is 0.337 e. The Kier molecular flexibility index (Phi) is 4.71. The number of hydrogen-bond acceptors (Lipinski definition) is 4. The lowest BCUT2D eigenvalue weighted by Crippen LogP contribution is -2.32. The number of phenolic OH excluding ortho intramolecular Hbond substituents is 1. The topological polar surface area (TPSA) is 114 Å². The lowest BCUT2D eigenvalue weighted by Gasteiger charge is -2.17. The van der Waals surface area contributed by atoms with E-state index >= 15 is 0 Å². The third-order valence-corrected chi connectivity index (χ3v) is 2.38. The molecule has 100 valence electrons. The van der Waals surface area contributed by atoms with Crippen molar-refractivity contribution < 1.29 is 19.8 Å². The number of carbonyl (C=O) groups excluding carboxylic acids is 1. The van der Waals surface area contributed by atoms with Gasteiger partial charge < -0.3 is 20.4 Å². The van der Waals surface area contributed by atoms with E-state index in [4.69, 9.17) is 10.4 Å². The number of nitriles is 1. The quantitative estimate of drug-likeness (QED) is 0.712. The number of nitrogens with zero attached hydrogens (tertiary/aromatic N) is 2. The first-order valence-electron chi connectivity index (χ1n) is 5.41. The second-order valence-corrected chi connectivity index (χ2v) is 3.79. The Labute approximate surface area is 109 Å². The molecule has 1 aromatic carbocycles. The molecule has 0 saturated heterocycles. The standard InChI is InChI=1S/C12H13N3O4/c1-15(6-2-5-13)12(19)14-10-4-3-8(16)7-9(10)11(17)18/h3-4,7,16H,2,6H2,1H3,(H,14,19)(H,17,18). The normalized spacial score (nSPS) is 9.47. The lowest BCUT2D eigenvalue weighted by molar-refractivity contribution is 0.0697. The summed E-state index contributed by atoms with van der Waals surface area (Å²) in [5.74, 6) is -1.46. The van der Waals surface area contributed by atoms with Crippen molar-refractivity contribution in [3.8, 4) is 11.8 Å². The maximum absolute atomic E-state index is 11.7. The van der Waals surface area contributed by atoms with Crippen LogP contribution in [-0.4, -0.2) is 40.7 Å². The van der Waals surface area contributed by atoms with Crippen molar-refractivity contribution in [1.29, 1.82) is 5.26 Å². The molecule has 3 N–H and O–H groups in total. The first-order valence-corrected chi connectivity index (χ1v) is 5.41. The van der Waals surface area contributed by atoms with Crippen LogP contribution in [0, 0.1) is 11.3 Å². The second-order valence-electron chi connectivity index (χ2n) is 3.79. The van der Waals surface area contributed by atoms with Crippen LogP contribution < -0.4 is 5.32 Å². The Hall–Kier alpha value is -2.75. The summed E-state index contributed by atoms with van der Waals surface area (Å²) in [6, 6.07) is 5.01. The van der Waals surface area contributed by atoms with Crippen molar-refractivity contribution in [2.45, 2.75) is 6.42 Å². The number of phenols is 1. The number of carboxylic acid groups (broad SMARTS) is 1. The van der Waals surface area contributed by atoms with Crippen LogP contribution in [0.3, 0.4) is 0 Å². The van der Waals surface area contributed by atoms with Gasteiger partial charge in [0.05, 0.1) is 23.7 Å². The third kappa shape index (κ3) is 3.89. The minimum atomic E-state index is -1.26. The van der Waals surface area contributed by atoms with E-state index < -0.39 is 12.0 Å². The molecule has 7 heteroatoms. The summed E-state index contributed by atoms with van der Waals surface area (Å²) in [5, 5.41) is 29.0. The fraction of sp³-hybridized carbons (Fsp3) is 0.250. The molecule has 0 fully saturated rings. The minimum Gasteiger partial charge on any atom is -0.508 e. The molecule has 0 saturated carbocycles. The number of benzene rings is 1. The number of aromatic carboxylic acids is 1. The van der Waals surface area contributed by atoms with E-state index in [9.17, 15) is 14.7 Å². The summed E-state index contributed by atoms with van der Waals surface area (Å²) in [6.45, 7) is 0.239. The molecular formula is C12H13N3O4. The number of urea groups is 1. The van der Waals surface area contributed by atoms with Crippen LogP contribution >= 0.6 is 0 Å². The van der Waals surface area contributed by atoms with Gasteiger partial charge in [-0.05, 0) is 18.2 Å². The zero-order valence-electron chi connectivity index (χ0n) is 10.3. The molecule has 0 atom stereocenters. The number of anilines is 1. The Morgan fingerprint density at radius 2 is 2.16 bits per heavy atom. The van der Waals surface area contributed by atoms with E-state index in [1.807, 2.05) is 6.07 Å². The summed E-state index contributed by atoms with van der Waals surface area (Å²) >= 11 is 0. The summed E-state index contributed by atoms with van der Waals surface area (Å²) in [7, 11) is 1.49. The summed E-state index contributed by atoms with van der Waals surface area (Å²) in [5.41, 5.74) is -0.124. The molecule has 7 nitrogen and oxygen atoms in total. The predicted octanol–water partition coefficient (Wildman–Crippen LogP) is 1.47. The Bertz CT molecular complexity index is 536. The van der Waals surface area contributed by atoms with Crippen LogP contribution in [0.5, 0.6) is 5.75 Å². The molecule has 0 bridgehead atoms. The zero-order chi connectivity index (χ0) is 14.4. The molecule has 1 aromatic rings. The molecule has 2 amide bonds. The van der Waals surface area contributed by atoms with E-state index in [1.54, 1.807) is 0 Å². The lowest BCUT2D eigenvalue weighted by atomic mass is 10.1. The molecule has 0 aromatic heterocycles. The molecule has 0 unspecified atom stereocenters. The van der Waals surface area contributed by atoms with Crippen LogP contribution in [0.15, 0.2) is 18.2 Å². The van der Waals surface area contributed by atoms with Gasteiger partial charge in [0.25, 0.3) is 0 Å². The average molecular weight is 263 g/mol. The molecular weight excluding hydrogens is 250 g/mol.